The summed E-state index contributed by atoms with van der Waals surface area (Å²) in [5.74, 6) is 0.664. The van der Waals surface area contributed by atoms with Gasteiger partial charge in [-0.05, 0) is 50.6 Å². The number of rotatable bonds is 9. The summed E-state index contributed by atoms with van der Waals surface area (Å²) >= 11 is 0. The Bertz CT molecular complexity index is 924. The molecule has 5 nitrogen and oxygen atoms in total. The molecule has 6 heteroatoms. The molecule has 0 aliphatic carbocycles. The summed E-state index contributed by atoms with van der Waals surface area (Å²) in [6.45, 7) is 8.08. The topological polar surface area (TPSA) is 62.4 Å². The summed E-state index contributed by atoms with van der Waals surface area (Å²) in [6, 6.07) is 12.9. The van der Waals surface area contributed by atoms with E-state index in [4.69, 9.17) is 4.52 Å². The van der Waals surface area contributed by atoms with Crippen molar-refractivity contribution < 1.29 is 14.0 Å². The molecule has 3 aromatic rings. The zero-order valence-electron chi connectivity index (χ0n) is 17.2. The van der Waals surface area contributed by atoms with Gasteiger partial charge in [0.15, 0.2) is 0 Å². The highest BCUT2D eigenvalue weighted by Gasteiger charge is 2.14. The van der Waals surface area contributed by atoms with Gasteiger partial charge >= 0.3 is 0 Å². The minimum absolute atomic E-state index is 0.278. The number of hydrogen-bond acceptors (Lipinski definition) is 5. The maximum atomic E-state index is 13.7. The first-order valence-corrected chi connectivity index (χ1v) is 10.0. The second kappa shape index (κ2) is 9.76. The number of aryl methyl sites for hydroxylation is 3. The lowest BCUT2D eigenvalue weighted by Crippen LogP contribution is -2.29. The van der Waals surface area contributed by atoms with Gasteiger partial charge < -0.3 is 14.5 Å². The zero-order chi connectivity index (χ0) is 20.8. The van der Waals surface area contributed by atoms with Crippen LogP contribution < -0.4 is 0 Å². The fourth-order valence-corrected chi connectivity index (χ4v) is 3.18. The summed E-state index contributed by atoms with van der Waals surface area (Å²) in [6.07, 6.45) is 0.957. The Morgan fingerprint density at radius 2 is 1.90 bits per heavy atom. The number of halogens is 1. The lowest BCUT2D eigenvalue weighted by molar-refractivity contribution is 0.115. The number of benzene rings is 2. The smallest absolute Gasteiger partial charge is 0.227 e. The first-order chi connectivity index (χ1) is 14.0. The van der Waals surface area contributed by atoms with Gasteiger partial charge in [-0.2, -0.15) is 4.98 Å². The number of hydrogen-bond donors (Lipinski definition) is 1. The van der Waals surface area contributed by atoms with Crippen molar-refractivity contribution in [3.63, 3.8) is 0 Å². The molecule has 0 radical (unpaired) electrons. The van der Waals surface area contributed by atoms with Crippen LogP contribution >= 0.6 is 0 Å². The van der Waals surface area contributed by atoms with Crippen molar-refractivity contribution in [3.8, 4) is 11.4 Å². The van der Waals surface area contributed by atoms with Gasteiger partial charge in [0, 0.05) is 18.5 Å². The van der Waals surface area contributed by atoms with Gasteiger partial charge in [-0.1, -0.05) is 54.0 Å². The molecule has 0 spiro atoms. The molecule has 0 saturated carbocycles. The molecule has 1 atom stereocenters. The van der Waals surface area contributed by atoms with Crippen LogP contribution in [-0.2, 0) is 6.42 Å². The van der Waals surface area contributed by atoms with Crippen LogP contribution in [0.4, 0.5) is 4.39 Å². The monoisotopic (exact) mass is 397 g/mol. The van der Waals surface area contributed by atoms with Crippen LogP contribution in [-0.4, -0.2) is 39.8 Å². The molecule has 3 rings (SSSR count). The minimum Gasteiger partial charge on any atom is -0.387 e. The molecular formula is C23H28FN3O2. The highest BCUT2D eigenvalue weighted by molar-refractivity contribution is 5.54. The molecule has 1 N–H and O–H groups in total. The number of aromatic nitrogens is 2. The normalized spacial score (nSPS) is 12.5. The molecule has 154 valence electrons. The molecule has 0 bridgehead atoms. The van der Waals surface area contributed by atoms with Gasteiger partial charge in [-0.25, -0.2) is 4.39 Å². The summed E-state index contributed by atoms with van der Waals surface area (Å²) in [4.78, 5) is 6.58. The first-order valence-electron chi connectivity index (χ1n) is 10.0. The molecule has 0 unspecified atom stereocenters. The lowest BCUT2D eigenvalue weighted by Gasteiger charge is -2.23. The van der Waals surface area contributed by atoms with Crippen molar-refractivity contribution in [1.82, 2.24) is 15.0 Å². The van der Waals surface area contributed by atoms with Crippen molar-refractivity contribution in [2.45, 2.75) is 39.7 Å². The van der Waals surface area contributed by atoms with Crippen LogP contribution in [0.15, 0.2) is 47.0 Å². The third-order valence-corrected chi connectivity index (χ3v) is 5.10. The van der Waals surface area contributed by atoms with Crippen LogP contribution in [0.5, 0.6) is 0 Å². The number of aliphatic hydroxyl groups is 1. The van der Waals surface area contributed by atoms with Crippen LogP contribution in [0.1, 0.15) is 42.0 Å². The van der Waals surface area contributed by atoms with Crippen molar-refractivity contribution in [2.75, 3.05) is 19.6 Å². The van der Waals surface area contributed by atoms with E-state index in [1.54, 1.807) is 19.1 Å². The Morgan fingerprint density at radius 3 is 2.59 bits per heavy atom. The average Bonchev–Trinajstić information content (AvgIpc) is 3.18. The summed E-state index contributed by atoms with van der Waals surface area (Å²) in [7, 11) is 0. The molecule has 1 heterocycles. The molecule has 2 aromatic carbocycles. The Kier molecular flexibility index (Phi) is 7.12. The summed E-state index contributed by atoms with van der Waals surface area (Å²) in [5, 5.41) is 14.5. The van der Waals surface area contributed by atoms with Crippen molar-refractivity contribution in [1.29, 1.82) is 0 Å². The fraction of sp³-hybridized carbons (Fsp3) is 0.391. The molecule has 29 heavy (non-hydrogen) atoms. The number of aliphatic hydroxyl groups excluding tert-OH is 1. The van der Waals surface area contributed by atoms with Crippen LogP contribution in [0, 0.1) is 19.7 Å². The van der Waals surface area contributed by atoms with Crippen LogP contribution in [0.25, 0.3) is 11.4 Å². The highest BCUT2D eigenvalue weighted by atomic mass is 19.1. The lowest BCUT2D eigenvalue weighted by atomic mass is 10.1. The van der Waals surface area contributed by atoms with E-state index in [1.807, 2.05) is 31.2 Å². The molecule has 0 aliphatic heterocycles. The van der Waals surface area contributed by atoms with Crippen molar-refractivity contribution >= 4 is 0 Å². The van der Waals surface area contributed by atoms with E-state index in [9.17, 15) is 9.50 Å². The number of nitrogens with zero attached hydrogens (tertiary/aromatic N) is 3. The van der Waals surface area contributed by atoms with E-state index in [2.05, 4.69) is 22.0 Å². The van der Waals surface area contributed by atoms with Gasteiger partial charge in [-0.3, -0.25) is 0 Å². The molecular weight excluding hydrogens is 369 g/mol. The van der Waals surface area contributed by atoms with Crippen LogP contribution in [0.2, 0.25) is 0 Å². The first kappa shape index (κ1) is 21.1. The summed E-state index contributed by atoms with van der Waals surface area (Å²) < 4.78 is 19.1. The Morgan fingerprint density at radius 1 is 1.14 bits per heavy atom. The van der Waals surface area contributed by atoms with Gasteiger partial charge in [0.1, 0.15) is 5.82 Å². The molecule has 0 aliphatic rings. The van der Waals surface area contributed by atoms with Gasteiger partial charge in [0.25, 0.3) is 0 Å². The third kappa shape index (κ3) is 5.71. The predicted molar refractivity (Wildman–Crippen MR) is 111 cm³/mol. The van der Waals surface area contributed by atoms with E-state index in [0.29, 0.717) is 35.8 Å². The fourth-order valence-electron chi connectivity index (χ4n) is 3.18. The van der Waals surface area contributed by atoms with E-state index in [1.165, 1.54) is 11.6 Å². The van der Waals surface area contributed by atoms with Gasteiger partial charge in [0.2, 0.25) is 11.7 Å². The average molecular weight is 397 g/mol. The molecule has 0 saturated heterocycles. The molecule has 1 aromatic heterocycles. The largest absolute Gasteiger partial charge is 0.387 e. The third-order valence-electron chi connectivity index (χ3n) is 5.10. The van der Waals surface area contributed by atoms with E-state index < -0.39 is 6.10 Å². The van der Waals surface area contributed by atoms with E-state index >= 15 is 0 Å². The van der Waals surface area contributed by atoms with Crippen molar-refractivity contribution in [2.24, 2.45) is 0 Å². The van der Waals surface area contributed by atoms with Gasteiger partial charge in [-0.15, -0.1) is 0 Å². The summed E-state index contributed by atoms with van der Waals surface area (Å²) in [5.41, 5.74) is 3.31. The molecule has 0 amide bonds. The Labute approximate surface area is 171 Å². The maximum Gasteiger partial charge on any atom is 0.227 e. The minimum atomic E-state index is -0.512. The Balaban J connectivity index is 1.51. The van der Waals surface area contributed by atoms with E-state index in [-0.39, 0.29) is 5.82 Å². The maximum absolute atomic E-state index is 13.7. The second-order valence-corrected chi connectivity index (χ2v) is 7.40. The second-order valence-electron chi connectivity index (χ2n) is 7.40. The predicted octanol–water partition coefficient (Wildman–Crippen LogP) is 4.48. The van der Waals surface area contributed by atoms with E-state index in [0.717, 1.165) is 25.1 Å². The van der Waals surface area contributed by atoms with Crippen molar-refractivity contribution in [3.05, 3.63) is 70.9 Å². The Hall–Kier alpha value is -2.57. The standard InChI is InChI=1S/C23H28FN3O2/c1-4-27(15-21(28)18-10-7-16(2)8-11-18)13-5-6-22-25-23(26-29-22)19-12-9-17(3)20(24)14-19/h7-12,14,21,28H,4-6,13,15H2,1-3H3/t21-/m1/s1. The SMILES string of the molecule is CCN(CCCc1nc(-c2ccc(C)c(F)c2)no1)C[C@@H](O)c1ccc(C)cc1. The number of likely N-dealkylation sites (N-methyl/N-ethyl adjacent to an activating group) is 1. The zero-order valence-corrected chi connectivity index (χ0v) is 17.2. The molecule has 0 fully saturated rings. The van der Waals surface area contributed by atoms with Gasteiger partial charge in [0.05, 0.1) is 6.10 Å². The highest BCUT2D eigenvalue weighted by Crippen LogP contribution is 2.20. The quantitative estimate of drug-likeness (QED) is 0.577. The van der Waals surface area contributed by atoms with Crippen LogP contribution in [0.3, 0.4) is 0 Å².